The Morgan fingerprint density at radius 3 is 2.96 bits per heavy atom. The van der Waals surface area contributed by atoms with Gasteiger partial charge in [-0.25, -0.2) is 9.89 Å². The summed E-state index contributed by atoms with van der Waals surface area (Å²) in [5, 5.41) is 13.9. The molecule has 1 saturated heterocycles. The van der Waals surface area contributed by atoms with E-state index in [0.717, 1.165) is 10.2 Å². The van der Waals surface area contributed by atoms with Crippen LogP contribution >= 0.6 is 11.6 Å². The Morgan fingerprint density at radius 2 is 2.12 bits per heavy atom. The van der Waals surface area contributed by atoms with Crippen molar-refractivity contribution in [2.75, 3.05) is 16.8 Å². The van der Waals surface area contributed by atoms with Crippen molar-refractivity contribution in [1.82, 2.24) is 19.8 Å². The van der Waals surface area contributed by atoms with Gasteiger partial charge in [0.25, 0.3) is 0 Å². The maximum absolute atomic E-state index is 12.6. The third-order valence-corrected chi connectivity index (χ3v) is 4.16. The van der Waals surface area contributed by atoms with Crippen LogP contribution in [0, 0.1) is 0 Å². The molecule has 8 nitrogen and oxygen atoms in total. The number of anilines is 2. The molecule has 1 aromatic carbocycles. The number of nitrogens with zero attached hydrogens (tertiary/aromatic N) is 4. The van der Waals surface area contributed by atoms with Crippen molar-refractivity contribution in [2.24, 2.45) is 0 Å². The van der Waals surface area contributed by atoms with Gasteiger partial charge in [-0.1, -0.05) is 17.7 Å². The Bertz CT molecular complexity index is 981. The van der Waals surface area contributed by atoms with E-state index in [1.807, 2.05) is 12.1 Å². The number of rotatable bonds is 3. The minimum atomic E-state index is -0.424. The lowest BCUT2D eigenvalue weighted by Crippen LogP contribution is -2.33. The Balaban J connectivity index is 1.55. The van der Waals surface area contributed by atoms with Crippen molar-refractivity contribution in [3.05, 3.63) is 51.9 Å². The van der Waals surface area contributed by atoms with Gasteiger partial charge in [0.1, 0.15) is 11.9 Å². The summed E-state index contributed by atoms with van der Waals surface area (Å²) in [4.78, 5) is 25.9. The van der Waals surface area contributed by atoms with Gasteiger partial charge < -0.3 is 10.2 Å². The van der Waals surface area contributed by atoms with E-state index in [4.69, 9.17) is 11.6 Å². The number of fused-ring (bicyclic) bond motifs is 1. The molecule has 122 valence electrons. The second-order valence-electron chi connectivity index (χ2n) is 5.47. The van der Waals surface area contributed by atoms with Crippen LogP contribution in [0.1, 0.15) is 6.42 Å². The van der Waals surface area contributed by atoms with E-state index in [0.29, 0.717) is 29.5 Å². The minimum Gasteiger partial charge on any atom is -0.357 e. The quantitative estimate of drug-likeness (QED) is 0.746. The molecule has 0 aliphatic carbocycles. The molecule has 0 bridgehead atoms. The first-order valence-electron chi connectivity index (χ1n) is 7.40. The Kier molecular flexibility index (Phi) is 3.46. The zero-order valence-electron chi connectivity index (χ0n) is 12.4. The first kappa shape index (κ1) is 14.7. The number of hydrogen-bond acceptors (Lipinski definition) is 5. The van der Waals surface area contributed by atoms with Crippen molar-refractivity contribution in [1.29, 1.82) is 0 Å². The largest absolute Gasteiger partial charge is 0.364 e. The first-order valence-corrected chi connectivity index (χ1v) is 7.77. The van der Waals surface area contributed by atoms with Crippen molar-refractivity contribution in [2.45, 2.75) is 12.5 Å². The molecule has 3 heterocycles. The number of carbonyl (C=O) groups excluding carboxylic acids is 1. The molecule has 2 N–H and O–H groups in total. The first-order chi connectivity index (χ1) is 11.6. The van der Waals surface area contributed by atoms with Crippen LogP contribution in [-0.4, -0.2) is 38.3 Å². The van der Waals surface area contributed by atoms with Gasteiger partial charge >= 0.3 is 5.69 Å². The lowest BCUT2D eigenvalue weighted by Gasteiger charge is -2.17. The number of aromatic amines is 1. The van der Waals surface area contributed by atoms with Crippen LogP contribution in [0.3, 0.4) is 0 Å². The number of amides is 1. The summed E-state index contributed by atoms with van der Waals surface area (Å²) in [7, 11) is 0. The van der Waals surface area contributed by atoms with Crippen LogP contribution in [0.4, 0.5) is 11.5 Å². The second-order valence-corrected chi connectivity index (χ2v) is 5.91. The number of carbonyl (C=O) groups is 1. The summed E-state index contributed by atoms with van der Waals surface area (Å²) >= 11 is 5.99. The number of hydrogen-bond donors (Lipinski definition) is 2. The van der Waals surface area contributed by atoms with Crippen molar-refractivity contribution in [3.8, 4) is 0 Å². The van der Waals surface area contributed by atoms with Gasteiger partial charge in [0.05, 0.1) is 0 Å². The highest BCUT2D eigenvalue weighted by molar-refractivity contribution is 6.31. The maximum atomic E-state index is 12.6. The van der Waals surface area contributed by atoms with Crippen molar-refractivity contribution >= 4 is 34.7 Å². The maximum Gasteiger partial charge on any atom is 0.364 e. The van der Waals surface area contributed by atoms with E-state index in [1.54, 1.807) is 29.2 Å². The van der Waals surface area contributed by atoms with Gasteiger partial charge in [-0.05, 0) is 36.8 Å². The normalized spacial score (nSPS) is 17.6. The van der Waals surface area contributed by atoms with Crippen LogP contribution in [0.5, 0.6) is 0 Å². The van der Waals surface area contributed by atoms with Gasteiger partial charge in [-0.2, -0.15) is 9.61 Å². The summed E-state index contributed by atoms with van der Waals surface area (Å²) in [6, 6.07) is 10.1. The summed E-state index contributed by atoms with van der Waals surface area (Å²) in [6.07, 6.45) is 0.630. The van der Waals surface area contributed by atoms with E-state index in [-0.39, 0.29) is 5.91 Å². The summed E-state index contributed by atoms with van der Waals surface area (Å²) < 4.78 is 1.15. The van der Waals surface area contributed by atoms with E-state index < -0.39 is 11.7 Å². The van der Waals surface area contributed by atoms with Crippen LogP contribution in [0.2, 0.25) is 5.02 Å². The highest BCUT2D eigenvalue weighted by Gasteiger charge is 2.32. The third-order valence-electron chi connectivity index (χ3n) is 3.92. The number of H-pyrrole nitrogens is 1. The summed E-state index contributed by atoms with van der Waals surface area (Å²) in [5.41, 5.74) is 0.766. The molecular weight excluding hydrogens is 332 g/mol. The molecule has 1 atom stereocenters. The highest BCUT2D eigenvalue weighted by atomic mass is 35.5. The third kappa shape index (κ3) is 2.50. The van der Waals surface area contributed by atoms with E-state index in [9.17, 15) is 9.59 Å². The molecule has 0 spiro atoms. The van der Waals surface area contributed by atoms with E-state index >= 15 is 0 Å². The fraction of sp³-hybridized carbons (Fsp3) is 0.200. The average molecular weight is 345 g/mol. The zero-order valence-corrected chi connectivity index (χ0v) is 13.2. The smallest absolute Gasteiger partial charge is 0.357 e. The topological polar surface area (TPSA) is 95.4 Å². The SMILES string of the molecule is O=C1C(Nc2ccc3n[nH]c(=O)n3n2)CCN1c1cccc(Cl)c1. The molecule has 1 aliphatic heterocycles. The lowest BCUT2D eigenvalue weighted by molar-refractivity contribution is -0.117. The predicted octanol–water partition coefficient (Wildman–Crippen LogP) is 1.29. The number of nitrogens with one attached hydrogen (secondary N) is 2. The highest BCUT2D eigenvalue weighted by Crippen LogP contribution is 2.25. The minimum absolute atomic E-state index is 0.0568. The molecule has 9 heteroatoms. The molecular formula is C15H13ClN6O2. The van der Waals surface area contributed by atoms with Crippen LogP contribution < -0.4 is 15.9 Å². The second kappa shape index (κ2) is 5.64. The number of halogens is 1. The Labute approximate surface area is 141 Å². The molecule has 1 aliphatic rings. The van der Waals surface area contributed by atoms with Gasteiger partial charge in [0, 0.05) is 17.3 Å². The molecule has 24 heavy (non-hydrogen) atoms. The molecule has 0 radical (unpaired) electrons. The molecule has 1 fully saturated rings. The molecule has 4 rings (SSSR count). The van der Waals surface area contributed by atoms with E-state index in [1.165, 1.54) is 0 Å². The van der Waals surface area contributed by atoms with Crippen LogP contribution in [0.15, 0.2) is 41.2 Å². The fourth-order valence-electron chi connectivity index (χ4n) is 2.77. The molecule has 2 aromatic heterocycles. The van der Waals surface area contributed by atoms with E-state index in [2.05, 4.69) is 20.6 Å². The Morgan fingerprint density at radius 1 is 1.25 bits per heavy atom. The van der Waals surface area contributed by atoms with Gasteiger partial charge in [0.2, 0.25) is 5.91 Å². The van der Waals surface area contributed by atoms with Gasteiger partial charge in [-0.15, -0.1) is 5.10 Å². The van der Waals surface area contributed by atoms with Gasteiger partial charge in [-0.3, -0.25) is 4.79 Å². The molecule has 1 amide bonds. The molecule has 0 saturated carbocycles. The predicted molar refractivity (Wildman–Crippen MR) is 89.4 cm³/mol. The molecule has 1 unspecified atom stereocenters. The Hall–Kier alpha value is -2.87. The average Bonchev–Trinajstić information content (AvgIpc) is 3.12. The number of benzene rings is 1. The molecule has 3 aromatic rings. The summed E-state index contributed by atoms with van der Waals surface area (Å²) in [6.45, 7) is 0.588. The monoisotopic (exact) mass is 344 g/mol. The summed E-state index contributed by atoms with van der Waals surface area (Å²) in [5.74, 6) is 0.385. The van der Waals surface area contributed by atoms with Crippen LogP contribution in [-0.2, 0) is 4.79 Å². The lowest BCUT2D eigenvalue weighted by atomic mass is 10.2. The standard InChI is InChI=1S/C15H13ClN6O2/c16-9-2-1-3-10(8-9)21-7-6-11(14(21)23)17-12-4-5-13-18-19-15(24)22(13)20-12/h1-5,8,11H,6-7H2,(H,17,20)(H,19,24). The van der Waals surface area contributed by atoms with Crippen molar-refractivity contribution in [3.63, 3.8) is 0 Å². The van der Waals surface area contributed by atoms with Gasteiger partial charge in [0.15, 0.2) is 5.65 Å². The van der Waals surface area contributed by atoms with Crippen molar-refractivity contribution < 1.29 is 4.79 Å². The van der Waals surface area contributed by atoms with Crippen LogP contribution in [0.25, 0.3) is 5.65 Å². The fourth-order valence-corrected chi connectivity index (χ4v) is 2.96. The zero-order chi connectivity index (χ0) is 16.7. The number of aromatic nitrogens is 4.